The maximum Gasteiger partial charge on any atom is 0.0773 e. The molecule has 3 heteroatoms. The molecule has 3 nitrogen and oxygen atoms in total. The second kappa shape index (κ2) is 4.94. The van der Waals surface area contributed by atoms with Crippen molar-refractivity contribution in [2.24, 2.45) is 0 Å². The van der Waals surface area contributed by atoms with Gasteiger partial charge in [-0.25, -0.2) is 0 Å². The van der Waals surface area contributed by atoms with Crippen LogP contribution in [0.3, 0.4) is 0 Å². The first kappa shape index (κ1) is 11.5. The first-order valence-electron chi connectivity index (χ1n) is 6.66. The molecule has 0 saturated carbocycles. The largest absolute Gasteiger partial charge is 0.292 e. The van der Waals surface area contributed by atoms with Crippen LogP contribution in [0.25, 0.3) is 0 Å². The predicted molar refractivity (Wildman–Crippen MR) is 72.3 cm³/mol. The van der Waals surface area contributed by atoms with Gasteiger partial charge in [-0.1, -0.05) is 37.3 Å². The van der Waals surface area contributed by atoms with Crippen molar-refractivity contribution in [2.45, 2.75) is 25.4 Å². The van der Waals surface area contributed by atoms with Crippen LogP contribution in [0.1, 0.15) is 31.0 Å². The van der Waals surface area contributed by atoms with Crippen LogP contribution in [0.4, 0.5) is 0 Å². The van der Waals surface area contributed by atoms with Crippen molar-refractivity contribution in [3.05, 3.63) is 54.4 Å². The molecule has 0 spiro atoms. The lowest BCUT2D eigenvalue weighted by atomic mass is 9.97. The van der Waals surface area contributed by atoms with E-state index in [2.05, 4.69) is 58.1 Å². The van der Waals surface area contributed by atoms with Crippen LogP contribution in [0, 0.1) is 0 Å². The Balaban J connectivity index is 1.66. The van der Waals surface area contributed by atoms with Gasteiger partial charge < -0.3 is 0 Å². The van der Waals surface area contributed by atoms with E-state index in [4.69, 9.17) is 0 Å². The molecule has 2 heterocycles. The molecular formula is C15H19N3. The Bertz CT molecular complexity index is 472. The molecule has 18 heavy (non-hydrogen) atoms. The third-order valence-electron chi connectivity index (χ3n) is 3.80. The van der Waals surface area contributed by atoms with E-state index in [1.165, 1.54) is 5.56 Å². The summed E-state index contributed by atoms with van der Waals surface area (Å²) in [5, 5.41) is 4.32. The molecule has 1 atom stereocenters. The average molecular weight is 241 g/mol. The van der Waals surface area contributed by atoms with E-state index in [1.807, 2.05) is 12.3 Å². The van der Waals surface area contributed by atoms with Crippen LogP contribution < -0.4 is 0 Å². The van der Waals surface area contributed by atoms with Gasteiger partial charge in [0.2, 0.25) is 0 Å². The second-order valence-electron chi connectivity index (χ2n) is 4.93. The van der Waals surface area contributed by atoms with E-state index in [-0.39, 0.29) is 0 Å². The standard InChI is InChI=1S/C15H19N3/c1-2-15(13-7-4-3-5-8-13)17-11-14(12-17)18-10-6-9-16-18/h3-10,14-15H,2,11-12H2,1H3. The Morgan fingerprint density at radius 3 is 2.61 bits per heavy atom. The van der Waals surface area contributed by atoms with Gasteiger partial charge in [-0.3, -0.25) is 9.58 Å². The SMILES string of the molecule is CCC(c1ccccc1)N1CC(n2cccn2)C1. The van der Waals surface area contributed by atoms with Crippen LogP contribution >= 0.6 is 0 Å². The molecule has 1 fully saturated rings. The molecule has 0 aliphatic carbocycles. The van der Waals surface area contributed by atoms with E-state index in [0.717, 1.165) is 19.5 Å². The van der Waals surface area contributed by atoms with Crippen LogP contribution in [0.2, 0.25) is 0 Å². The minimum Gasteiger partial charge on any atom is -0.292 e. The number of nitrogens with zero attached hydrogens (tertiary/aromatic N) is 3. The molecule has 3 rings (SSSR count). The van der Waals surface area contributed by atoms with E-state index >= 15 is 0 Å². The second-order valence-corrected chi connectivity index (χ2v) is 4.93. The highest BCUT2D eigenvalue weighted by Gasteiger charge is 2.33. The van der Waals surface area contributed by atoms with Crippen molar-refractivity contribution in [3.63, 3.8) is 0 Å². The minimum absolute atomic E-state index is 0.553. The summed E-state index contributed by atoms with van der Waals surface area (Å²) in [4.78, 5) is 2.54. The molecule has 0 amide bonds. The summed E-state index contributed by atoms with van der Waals surface area (Å²) in [6.07, 6.45) is 5.08. The van der Waals surface area contributed by atoms with Gasteiger partial charge in [0.15, 0.2) is 0 Å². The highest BCUT2D eigenvalue weighted by atomic mass is 15.4. The Morgan fingerprint density at radius 2 is 2.00 bits per heavy atom. The lowest BCUT2D eigenvalue weighted by Crippen LogP contribution is -2.49. The fourth-order valence-corrected chi connectivity index (χ4v) is 2.79. The Morgan fingerprint density at radius 1 is 1.22 bits per heavy atom. The monoisotopic (exact) mass is 241 g/mol. The third-order valence-corrected chi connectivity index (χ3v) is 3.80. The predicted octanol–water partition coefficient (Wildman–Crippen LogP) is 2.89. The number of likely N-dealkylation sites (tertiary alicyclic amines) is 1. The Kier molecular flexibility index (Phi) is 3.15. The maximum absolute atomic E-state index is 4.32. The number of hydrogen-bond acceptors (Lipinski definition) is 2. The van der Waals surface area contributed by atoms with Crippen molar-refractivity contribution >= 4 is 0 Å². The molecule has 1 aliphatic heterocycles. The summed E-state index contributed by atoms with van der Waals surface area (Å²) in [6.45, 7) is 4.48. The van der Waals surface area contributed by atoms with E-state index in [9.17, 15) is 0 Å². The molecule has 2 aromatic rings. The lowest BCUT2D eigenvalue weighted by molar-refractivity contribution is 0.0501. The van der Waals surface area contributed by atoms with Crippen LogP contribution in [-0.2, 0) is 0 Å². The molecule has 1 saturated heterocycles. The molecule has 0 radical (unpaired) electrons. The molecule has 94 valence electrons. The summed E-state index contributed by atoms with van der Waals surface area (Å²) >= 11 is 0. The van der Waals surface area contributed by atoms with E-state index in [0.29, 0.717) is 12.1 Å². The fourth-order valence-electron chi connectivity index (χ4n) is 2.79. The van der Waals surface area contributed by atoms with Gasteiger partial charge in [-0.05, 0) is 18.1 Å². The fraction of sp³-hybridized carbons (Fsp3) is 0.400. The number of hydrogen-bond donors (Lipinski definition) is 0. The first-order chi connectivity index (χ1) is 8.88. The van der Waals surface area contributed by atoms with Crippen molar-refractivity contribution < 1.29 is 0 Å². The molecular weight excluding hydrogens is 222 g/mol. The zero-order chi connectivity index (χ0) is 12.4. The summed E-state index contributed by atoms with van der Waals surface area (Å²) in [5.41, 5.74) is 1.43. The number of rotatable bonds is 4. The highest BCUT2D eigenvalue weighted by molar-refractivity contribution is 5.19. The average Bonchev–Trinajstić information content (AvgIpc) is 2.87. The van der Waals surface area contributed by atoms with Gasteiger partial charge >= 0.3 is 0 Å². The molecule has 1 aromatic heterocycles. The van der Waals surface area contributed by atoms with Crippen LogP contribution in [0.5, 0.6) is 0 Å². The van der Waals surface area contributed by atoms with Gasteiger partial charge in [0.05, 0.1) is 6.04 Å². The highest BCUT2D eigenvalue weighted by Crippen LogP contribution is 2.32. The maximum atomic E-state index is 4.32. The first-order valence-corrected chi connectivity index (χ1v) is 6.66. The van der Waals surface area contributed by atoms with Crippen molar-refractivity contribution in [3.8, 4) is 0 Å². The summed E-state index contributed by atoms with van der Waals surface area (Å²) in [6, 6.07) is 13.9. The van der Waals surface area contributed by atoms with Gasteiger partial charge in [0.1, 0.15) is 0 Å². The van der Waals surface area contributed by atoms with Gasteiger partial charge in [0, 0.05) is 31.5 Å². The van der Waals surface area contributed by atoms with Gasteiger partial charge in [0.25, 0.3) is 0 Å². The summed E-state index contributed by atoms with van der Waals surface area (Å²) < 4.78 is 2.08. The van der Waals surface area contributed by atoms with E-state index < -0.39 is 0 Å². The Labute approximate surface area is 108 Å². The molecule has 0 bridgehead atoms. The minimum atomic E-state index is 0.553. The molecule has 1 aromatic carbocycles. The quantitative estimate of drug-likeness (QED) is 0.820. The Hall–Kier alpha value is -1.61. The van der Waals surface area contributed by atoms with Crippen molar-refractivity contribution in [1.29, 1.82) is 0 Å². The van der Waals surface area contributed by atoms with Crippen LogP contribution in [-0.4, -0.2) is 27.8 Å². The zero-order valence-corrected chi connectivity index (χ0v) is 10.7. The number of benzene rings is 1. The topological polar surface area (TPSA) is 21.1 Å². The summed E-state index contributed by atoms with van der Waals surface area (Å²) in [5.74, 6) is 0. The lowest BCUT2D eigenvalue weighted by Gasteiger charge is -2.44. The molecule has 1 unspecified atom stereocenters. The van der Waals surface area contributed by atoms with Gasteiger partial charge in [-0.2, -0.15) is 5.10 Å². The third kappa shape index (κ3) is 2.06. The molecule has 1 aliphatic rings. The zero-order valence-electron chi connectivity index (χ0n) is 10.7. The number of aromatic nitrogens is 2. The van der Waals surface area contributed by atoms with E-state index in [1.54, 1.807) is 0 Å². The summed E-state index contributed by atoms with van der Waals surface area (Å²) in [7, 11) is 0. The van der Waals surface area contributed by atoms with Crippen molar-refractivity contribution in [1.82, 2.24) is 14.7 Å². The van der Waals surface area contributed by atoms with Crippen LogP contribution in [0.15, 0.2) is 48.8 Å². The normalized spacial score (nSPS) is 18.5. The van der Waals surface area contributed by atoms with Gasteiger partial charge in [-0.15, -0.1) is 0 Å². The smallest absolute Gasteiger partial charge is 0.0773 e. The van der Waals surface area contributed by atoms with Crippen molar-refractivity contribution in [2.75, 3.05) is 13.1 Å². The molecule has 0 N–H and O–H groups in total.